The summed E-state index contributed by atoms with van der Waals surface area (Å²) in [6, 6.07) is 15.2. The molecular weight excluding hydrogens is 384 g/mol. The molecule has 2 aromatic carbocycles. The molecule has 0 saturated heterocycles. The second-order valence-electron chi connectivity index (χ2n) is 5.48. The van der Waals surface area contributed by atoms with Crippen LogP contribution in [0.15, 0.2) is 59.3 Å². The summed E-state index contributed by atoms with van der Waals surface area (Å²) in [4.78, 5) is 16.4. The van der Waals surface area contributed by atoms with Gasteiger partial charge in [-0.1, -0.05) is 40.2 Å². The van der Waals surface area contributed by atoms with Crippen LogP contribution >= 0.6 is 15.9 Å². The van der Waals surface area contributed by atoms with Gasteiger partial charge in [-0.3, -0.25) is 10.1 Å². The van der Waals surface area contributed by atoms with Crippen LogP contribution in [0.25, 0.3) is 0 Å². The Labute approximate surface area is 154 Å². The first-order valence-corrected chi connectivity index (χ1v) is 8.46. The zero-order chi connectivity index (χ0) is 17.6. The first-order valence-electron chi connectivity index (χ1n) is 7.67. The minimum absolute atomic E-state index is 0.246. The summed E-state index contributed by atoms with van der Waals surface area (Å²) in [5.41, 5.74) is 2.64. The van der Waals surface area contributed by atoms with Crippen LogP contribution in [-0.4, -0.2) is 27.8 Å². The number of benzene rings is 2. The summed E-state index contributed by atoms with van der Waals surface area (Å²) in [5.74, 6) is 0.0325. The fourth-order valence-corrected chi connectivity index (χ4v) is 2.79. The van der Waals surface area contributed by atoms with Crippen molar-refractivity contribution < 1.29 is 9.53 Å². The lowest BCUT2D eigenvalue weighted by Gasteiger charge is -2.04. The maximum Gasteiger partial charge on any atom is 0.258 e. The van der Waals surface area contributed by atoms with E-state index in [4.69, 9.17) is 4.74 Å². The van der Waals surface area contributed by atoms with Crippen molar-refractivity contribution in [2.24, 2.45) is 0 Å². The van der Waals surface area contributed by atoms with Crippen LogP contribution in [0.3, 0.4) is 0 Å². The second kappa shape index (κ2) is 8.04. The van der Waals surface area contributed by atoms with Crippen molar-refractivity contribution >= 4 is 27.8 Å². The molecule has 25 heavy (non-hydrogen) atoms. The van der Waals surface area contributed by atoms with Gasteiger partial charge in [0.2, 0.25) is 5.95 Å². The van der Waals surface area contributed by atoms with E-state index in [-0.39, 0.29) is 11.9 Å². The van der Waals surface area contributed by atoms with Crippen LogP contribution in [0.5, 0.6) is 0 Å². The fraction of sp³-hybridized carbons (Fsp3) is 0.167. The number of aromatic nitrogens is 3. The second-order valence-corrected chi connectivity index (χ2v) is 6.40. The number of hydrogen-bond acceptors (Lipinski definition) is 4. The van der Waals surface area contributed by atoms with Gasteiger partial charge in [-0.05, 0) is 35.4 Å². The Balaban J connectivity index is 1.63. The average molecular weight is 401 g/mol. The number of anilines is 1. The molecule has 0 saturated carbocycles. The van der Waals surface area contributed by atoms with Crippen LogP contribution in [-0.2, 0) is 17.9 Å². The first-order chi connectivity index (χ1) is 12.1. The highest BCUT2D eigenvalue weighted by Crippen LogP contribution is 2.13. The Bertz CT molecular complexity index is 862. The number of rotatable bonds is 6. The van der Waals surface area contributed by atoms with Crippen molar-refractivity contribution in [2.45, 2.75) is 13.2 Å². The highest BCUT2D eigenvalue weighted by Gasteiger charge is 2.09. The monoisotopic (exact) mass is 400 g/mol. The van der Waals surface area contributed by atoms with Crippen LogP contribution in [0.2, 0.25) is 0 Å². The Morgan fingerprint density at radius 3 is 2.72 bits per heavy atom. The van der Waals surface area contributed by atoms with Gasteiger partial charge in [-0.2, -0.15) is 0 Å². The summed E-state index contributed by atoms with van der Waals surface area (Å²) >= 11 is 3.44. The van der Waals surface area contributed by atoms with Gasteiger partial charge in [-0.25, -0.2) is 9.67 Å². The maximum absolute atomic E-state index is 12.3. The number of nitrogens with zero attached hydrogens (tertiary/aromatic N) is 3. The summed E-state index contributed by atoms with van der Waals surface area (Å²) in [6.45, 7) is 1.09. The molecule has 0 aliphatic rings. The van der Waals surface area contributed by atoms with Gasteiger partial charge in [0.25, 0.3) is 5.91 Å². The van der Waals surface area contributed by atoms with Crippen molar-refractivity contribution in [3.63, 3.8) is 0 Å². The molecule has 0 spiro atoms. The molecule has 0 bridgehead atoms. The number of carbonyl (C=O) groups excluding carboxylic acids is 1. The standard InChI is InChI=1S/C18H17BrN4O2/c1-25-11-13-5-7-15(8-6-13)17(24)21-18-20-12-23(22-18)10-14-3-2-4-16(19)9-14/h2-9,12H,10-11H2,1H3,(H,21,22,24). The van der Waals surface area contributed by atoms with Gasteiger partial charge in [0.1, 0.15) is 6.33 Å². The third kappa shape index (κ3) is 4.74. The Morgan fingerprint density at radius 1 is 1.20 bits per heavy atom. The van der Waals surface area contributed by atoms with E-state index in [0.29, 0.717) is 18.7 Å². The normalized spacial score (nSPS) is 10.6. The number of hydrogen-bond donors (Lipinski definition) is 1. The number of carbonyl (C=O) groups is 1. The molecular formula is C18H17BrN4O2. The zero-order valence-corrected chi connectivity index (χ0v) is 15.2. The predicted molar refractivity (Wildman–Crippen MR) is 98.4 cm³/mol. The molecule has 1 amide bonds. The molecule has 1 N–H and O–H groups in total. The summed E-state index contributed by atoms with van der Waals surface area (Å²) in [5, 5.41) is 6.99. The molecule has 0 fully saturated rings. The van der Waals surface area contributed by atoms with E-state index in [2.05, 4.69) is 31.3 Å². The molecule has 3 rings (SSSR count). The third-order valence-corrected chi connectivity index (χ3v) is 4.02. The largest absolute Gasteiger partial charge is 0.380 e. The van der Waals surface area contributed by atoms with Gasteiger partial charge in [0.05, 0.1) is 13.2 Å². The molecule has 3 aromatic rings. The topological polar surface area (TPSA) is 69.0 Å². The van der Waals surface area contributed by atoms with Crippen LogP contribution < -0.4 is 5.32 Å². The van der Waals surface area contributed by atoms with Gasteiger partial charge in [0, 0.05) is 17.1 Å². The Morgan fingerprint density at radius 2 is 2.00 bits per heavy atom. The summed E-state index contributed by atoms with van der Waals surface area (Å²) in [7, 11) is 1.64. The van der Waals surface area contributed by atoms with Crippen LogP contribution in [0, 0.1) is 0 Å². The Kier molecular flexibility index (Phi) is 5.57. The van der Waals surface area contributed by atoms with E-state index in [0.717, 1.165) is 15.6 Å². The average Bonchev–Trinajstić information content (AvgIpc) is 3.02. The van der Waals surface area contributed by atoms with Crippen molar-refractivity contribution in [1.82, 2.24) is 14.8 Å². The molecule has 6 nitrogen and oxygen atoms in total. The van der Waals surface area contributed by atoms with E-state index in [1.807, 2.05) is 36.4 Å². The van der Waals surface area contributed by atoms with E-state index < -0.39 is 0 Å². The number of methoxy groups -OCH3 is 1. The minimum Gasteiger partial charge on any atom is -0.380 e. The lowest BCUT2D eigenvalue weighted by Crippen LogP contribution is -2.13. The quantitative estimate of drug-likeness (QED) is 0.687. The van der Waals surface area contributed by atoms with E-state index >= 15 is 0 Å². The number of halogens is 1. The van der Waals surface area contributed by atoms with E-state index in [1.165, 1.54) is 0 Å². The molecule has 0 atom stereocenters. The summed E-state index contributed by atoms with van der Waals surface area (Å²) in [6.07, 6.45) is 1.60. The highest BCUT2D eigenvalue weighted by atomic mass is 79.9. The van der Waals surface area contributed by atoms with E-state index in [9.17, 15) is 4.79 Å². The van der Waals surface area contributed by atoms with Gasteiger partial charge < -0.3 is 4.74 Å². The Hall–Kier alpha value is -2.51. The molecule has 1 aromatic heterocycles. The summed E-state index contributed by atoms with van der Waals surface area (Å²) < 4.78 is 7.75. The van der Waals surface area contributed by atoms with E-state index in [1.54, 1.807) is 30.3 Å². The molecule has 0 aliphatic heterocycles. The van der Waals surface area contributed by atoms with Crippen molar-refractivity contribution in [3.8, 4) is 0 Å². The zero-order valence-electron chi connectivity index (χ0n) is 13.6. The van der Waals surface area contributed by atoms with Gasteiger partial charge in [-0.15, -0.1) is 5.10 Å². The smallest absolute Gasteiger partial charge is 0.258 e. The van der Waals surface area contributed by atoms with Crippen LogP contribution in [0.1, 0.15) is 21.5 Å². The lowest BCUT2D eigenvalue weighted by molar-refractivity contribution is 0.102. The molecule has 128 valence electrons. The van der Waals surface area contributed by atoms with Crippen LogP contribution in [0.4, 0.5) is 5.95 Å². The predicted octanol–water partition coefficient (Wildman–Crippen LogP) is 3.49. The van der Waals surface area contributed by atoms with Crippen molar-refractivity contribution in [1.29, 1.82) is 0 Å². The number of amides is 1. The number of nitrogens with one attached hydrogen (secondary N) is 1. The highest BCUT2D eigenvalue weighted by molar-refractivity contribution is 9.10. The molecule has 0 unspecified atom stereocenters. The molecule has 0 radical (unpaired) electrons. The fourth-order valence-electron chi connectivity index (χ4n) is 2.34. The third-order valence-electron chi connectivity index (χ3n) is 3.52. The molecule has 0 aliphatic carbocycles. The molecule has 7 heteroatoms. The minimum atomic E-state index is -0.246. The molecule has 1 heterocycles. The van der Waals surface area contributed by atoms with Gasteiger partial charge in [0.15, 0.2) is 0 Å². The maximum atomic E-state index is 12.3. The SMILES string of the molecule is COCc1ccc(C(=O)Nc2ncn(Cc3cccc(Br)c3)n2)cc1. The van der Waals surface area contributed by atoms with Gasteiger partial charge >= 0.3 is 0 Å². The van der Waals surface area contributed by atoms with Crippen molar-refractivity contribution in [3.05, 3.63) is 76.0 Å². The first kappa shape index (κ1) is 17.3. The number of ether oxygens (including phenoxy) is 1. The van der Waals surface area contributed by atoms with Crippen molar-refractivity contribution in [2.75, 3.05) is 12.4 Å². The lowest BCUT2D eigenvalue weighted by atomic mass is 10.1.